The molecule has 2 fully saturated rings. The van der Waals surface area contributed by atoms with Crippen molar-refractivity contribution in [1.82, 2.24) is 40.6 Å². The zero-order chi connectivity index (χ0) is 46.4. The molecule has 0 radical (unpaired) electrons. The maximum atomic E-state index is 13.4. The van der Waals surface area contributed by atoms with Gasteiger partial charge < -0.3 is 39.4 Å². The van der Waals surface area contributed by atoms with Crippen LogP contribution in [0.2, 0.25) is 0 Å². The molecule has 5 aromatic rings. The van der Waals surface area contributed by atoms with Gasteiger partial charge in [0.15, 0.2) is 11.6 Å². The number of nitrogens with one attached hydrogen (secondary N) is 4. The number of rotatable bonds is 23. The number of pyridine rings is 1. The Kier molecular flexibility index (Phi) is 15.8. The van der Waals surface area contributed by atoms with Crippen LogP contribution in [0.1, 0.15) is 89.0 Å². The van der Waals surface area contributed by atoms with Crippen LogP contribution in [0.4, 0.5) is 5.69 Å². The number of H-pyrrole nitrogens is 1. The van der Waals surface area contributed by atoms with Crippen LogP contribution in [0.3, 0.4) is 0 Å². The third-order valence-electron chi connectivity index (χ3n) is 12.3. The second-order valence-corrected chi connectivity index (χ2v) is 17.2. The maximum absolute atomic E-state index is 13.4. The number of carbonyl (C=O) groups is 4. The number of ether oxygens (including phenoxy) is 4. The van der Waals surface area contributed by atoms with Gasteiger partial charge in [-0.25, -0.2) is 4.98 Å². The van der Waals surface area contributed by atoms with Crippen molar-refractivity contribution in [1.29, 1.82) is 0 Å². The number of benzene rings is 3. The lowest BCUT2D eigenvalue weighted by atomic mass is 9.86. The van der Waals surface area contributed by atoms with E-state index in [-0.39, 0.29) is 24.1 Å². The number of anilines is 1. The summed E-state index contributed by atoms with van der Waals surface area (Å²) in [5.74, 6) is 1.70. The highest BCUT2D eigenvalue weighted by Gasteiger charge is 2.40. The van der Waals surface area contributed by atoms with Gasteiger partial charge in [-0.05, 0) is 124 Å². The first-order chi connectivity index (χ1) is 32.7. The van der Waals surface area contributed by atoms with E-state index in [9.17, 15) is 19.2 Å². The van der Waals surface area contributed by atoms with Gasteiger partial charge in [0, 0.05) is 87.2 Å². The first kappa shape index (κ1) is 46.8. The molecule has 0 saturated carbocycles. The average Bonchev–Trinajstić information content (AvgIpc) is 3.98. The third kappa shape index (κ3) is 12.4. The van der Waals surface area contributed by atoms with E-state index in [1.165, 1.54) is 4.90 Å². The molecule has 4 amide bonds. The molecule has 0 bridgehead atoms. The Morgan fingerprint density at radius 3 is 2.42 bits per heavy atom. The molecule has 5 heterocycles. The largest absolute Gasteiger partial charge is 0.494 e. The summed E-state index contributed by atoms with van der Waals surface area (Å²) < 4.78 is 23.4. The molecule has 1 atom stereocenters. The van der Waals surface area contributed by atoms with Gasteiger partial charge in [0.2, 0.25) is 11.8 Å². The molecule has 17 nitrogen and oxygen atoms in total. The van der Waals surface area contributed by atoms with E-state index in [0.717, 1.165) is 85.6 Å². The Labute approximate surface area is 390 Å². The number of hydrogen-bond acceptors (Lipinski definition) is 13. The number of aromatic nitrogens is 4. The van der Waals surface area contributed by atoms with E-state index in [1.807, 2.05) is 66.7 Å². The molecule has 8 rings (SSSR count). The van der Waals surface area contributed by atoms with Crippen LogP contribution < -0.4 is 25.4 Å². The number of unbranched alkanes of at least 4 members (excludes halogenated alkanes) is 2. The highest BCUT2D eigenvalue weighted by atomic mass is 16.5. The molecule has 0 aliphatic carbocycles. The van der Waals surface area contributed by atoms with Crippen molar-refractivity contribution in [2.75, 3.05) is 65.1 Å². The van der Waals surface area contributed by atoms with Crippen molar-refractivity contribution >= 4 is 29.3 Å². The molecule has 1 unspecified atom stereocenters. The van der Waals surface area contributed by atoms with Gasteiger partial charge in [-0.2, -0.15) is 5.10 Å². The van der Waals surface area contributed by atoms with E-state index in [1.54, 1.807) is 24.5 Å². The minimum Gasteiger partial charge on any atom is -0.494 e. The number of likely N-dealkylation sites (tertiary alicyclic amines) is 1. The highest BCUT2D eigenvalue weighted by Crippen LogP contribution is 2.36. The number of nitrogens with zero attached hydrogens (tertiary/aromatic N) is 5. The summed E-state index contributed by atoms with van der Waals surface area (Å²) in [6.45, 7) is 5.67. The minimum absolute atomic E-state index is 0.163. The zero-order valence-corrected chi connectivity index (χ0v) is 38.0. The number of fused-ring (bicyclic) bond motifs is 1. The lowest BCUT2D eigenvalue weighted by Gasteiger charge is -2.40. The van der Waals surface area contributed by atoms with Crippen LogP contribution in [-0.4, -0.2) is 119 Å². The van der Waals surface area contributed by atoms with Gasteiger partial charge in [0.1, 0.15) is 24.1 Å². The number of aromatic amines is 1. The lowest BCUT2D eigenvalue weighted by Crippen LogP contribution is -2.52. The van der Waals surface area contributed by atoms with Crippen LogP contribution in [0, 0.1) is 0 Å². The number of piperidine rings is 2. The Morgan fingerprint density at radius 1 is 0.821 bits per heavy atom. The second-order valence-electron chi connectivity index (χ2n) is 17.2. The summed E-state index contributed by atoms with van der Waals surface area (Å²) in [4.78, 5) is 63.0. The molecule has 17 heteroatoms. The van der Waals surface area contributed by atoms with Gasteiger partial charge in [0.05, 0.1) is 18.8 Å². The van der Waals surface area contributed by atoms with Crippen molar-refractivity contribution in [3.8, 4) is 22.9 Å². The minimum atomic E-state index is -0.642. The number of imide groups is 1. The van der Waals surface area contributed by atoms with Crippen molar-refractivity contribution < 1.29 is 38.1 Å². The summed E-state index contributed by atoms with van der Waals surface area (Å²) in [5, 5.41) is 16.9. The predicted molar refractivity (Wildman–Crippen MR) is 249 cm³/mol. The first-order valence-electron chi connectivity index (χ1n) is 23.2. The fraction of sp³-hybridized carbons (Fsp3) is 0.420. The van der Waals surface area contributed by atoms with Gasteiger partial charge in [-0.1, -0.05) is 18.2 Å². The van der Waals surface area contributed by atoms with E-state index < -0.39 is 17.5 Å². The topological polar surface area (TPSA) is 202 Å². The SMILES string of the molecule is CN1CCC(Nc2cccc(C(=O)NCc3cccc(OCCCCCOCCCOCCOc4ccc5c(c4)CN(C4CCC(=O)NC4=O)C5=O)c3)c2)(c2nc(-c3ccncc3)n[nH]2)CC1. The summed E-state index contributed by atoms with van der Waals surface area (Å²) in [6, 6.07) is 23.9. The van der Waals surface area contributed by atoms with Crippen molar-refractivity contribution in [2.45, 2.75) is 76.0 Å². The van der Waals surface area contributed by atoms with Crippen LogP contribution in [-0.2, 0) is 37.7 Å². The second kappa shape index (κ2) is 22.7. The highest BCUT2D eigenvalue weighted by molar-refractivity contribution is 6.05. The van der Waals surface area contributed by atoms with E-state index in [4.69, 9.17) is 23.9 Å². The monoisotopic (exact) mass is 913 g/mol. The van der Waals surface area contributed by atoms with Crippen LogP contribution in [0.25, 0.3) is 11.4 Å². The number of hydrogen-bond donors (Lipinski definition) is 4. The molecular formula is C50H59N9O8. The smallest absolute Gasteiger partial charge is 0.255 e. The molecule has 2 saturated heterocycles. The molecule has 2 aromatic heterocycles. The van der Waals surface area contributed by atoms with Gasteiger partial charge in [-0.15, -0.1) is 0 Å². The quantitative estimate of drug-likeness (QED) is 0.0464. The summed E-state index contributed by atoms with van der Waals surface area (Å²) in [7, 11) is 2.12. The van der Waals surface area contributed by atoms with Crippen LogP contribution in [0.15, 0.2) is 91.3 Å². The van der Waals surface area contributed by atoms with E-state index >= 15 is 0 Å². The zero-order valence-electron chi connectivity index (χ0n) is 38.0. The molecule has 3 aromatic carbocycles. The molecule has 0 spiro atoms. The standard InChI is InChI=1S/C50H59N9O8/c1-58-22-18-50(19-23-58,49-54-45(56-57-49)36-16-20-51-21-17-36)55-39-10-6-9-37(31-39)46(61)52-33-35-8-5-11-40(30-35)66-27-4-2-3-24-64-25-7-26-65-28-29-67-41-12-13-42-38(32-41)34-59(48(42)63)43-14-15-44(60)53-47(43)62/h5-6,8-13,16-17,20-21,30-32,43,55H,2-4,7,14-15,18-19,22-29,33-34H2,1H3,(H,52,61)(H,53,60,62)(H,54,56,57). The Morgan fingerprint density at radius 2 is 1.58 bits per heavy atom. The van der Waals surface area contributed by atoms with Gasteiger partial charge >= 0.3 is 0 Å². The fourth-order valence-corrected chi connectivity index (χ4v) is 8.57. The molecule has 352 valence electrons. The molecule has 3 aliphatic heterocycles. The van der Waals surface area contributed by atoms with E-state index in [0.29, 0.717) is 81.9 Å². The molecule has 3 aliphatic rings. The van der Waals surface area contributed by atoms with Crippen LogP contribution >= 0.6 is 0 Å². The summed E-state index contributed by atoms with van der Waals surface area (Å²) in [5.41, 5.74) is 4.12. The van der Waals surface area contributed by atoms with Crippen LogP contribution in [0.5, 0.6) is 11.5 Å². The lowest BCUT2D eigenvalue weighted by molar-refractivity contribution is -0.136. The number of carbonyl (C=O) groups excluding carboxylic acids is 4. The fourth-order valence-electron chi connectivity index (χ4n) is 8.57. The predicted octanol–water partition coefficient (Wildman–Crippen LogP) is 5.64. The third-order valence-corrected chi connectivity index (χ3v) is 12.3. The van der Waals surface area contributed by atoms with Crippen molar-refractivity contribution in [3.05, 3.63) is 119 Å². The Balaban J connectivity index is 0.673. The van der Waals surface area contributed by atoms with E-state index in [2.05, 4.69) is 43.1 Å². The maximum Gasteiger partial charge on any atom is 0.255 e. The first-order valence-corrected chi connectivity index (χ1v) is 23.2. The van der Waals surface area contributed by atoms with Crippen molar-refractivity contribution in [2.24, 2.45) is 0 Å². The molecule has 4 N–H and O–H groups in total. The molecular weight excluding hydrogens is 855 g/mol. The summed E-state index contributed by atoms with van der Waals surface area (Å²) in [6.07, 6.45) is 9.24. The summed E-state index contributed by atoms with van der Waals surface area (Å²) >= 11 is 0. The molecule has 67 heavy (non-hydrogen) atoms. The Hall–Kier alpha value is -6.69. The number of amides is 4. The van der Waals surface area contributed by atoms with Gasteiger partial charge in [0.25, 0.3) is 11.8 Å². The van der Waals surface area contributed by atoms with Gasteiger partial charge in [-0.3, -0.25) is 34.6 Å². The Bertz CT molecular complexity index is 2470. The average molecular weight is 914 g/mol. The van der Waals surface area contributed by atoms with Crippen molar-refractivity contribution in [3.63, 3.8) is 0 Å². The normalized spacial score (nSPS) is 16.9.